The monoisotopic (exact) mass is 796 g/mol. The molecule has 2 bridgehead atoms. The maximum Gasteiger partial charge on any atom is 0.344 e. The Bertz CT molecular complexity index is 2180. The minimum Gasteiger partial charge on any atom is -0.467 e. The first-order valence-corrected chi connectivity index (χ1v) is 20.8. The average molecular weight is 797 g/mol. The number of allylic oxidation sites excluding steroid dienone is 1. The third kappa shape index (κ3) is 5.06. The van der Waals surface area contributed by atoms with Gasteiger partial charge in [-0.05, 0) is 74.8 Å². The fourth-order valence-corrected chi connectivity index (χ4v) is 13.6. The molecular weight excluding hydrogens is 741 g/mol. The number of likely N-dealkylation sites (tertiary alicyclic amines) is 1. The van der Waals surface area contributed by atoms with Crippen LogP contribution in [-0.4, -0.2) is 136 Å². The quantitative estimate of drug-likeness (QED) is 0.215. The Morgan fingerprint density at radius 2 is 1.83 bits per heavy atom. The summed E-state index contributed by atoms with van der Waals surface area (Å²) in [6.45, 7) is 10.0. The van der Waals surface area contributed by atoms with Crippen molar-refractivity contribution in [1.29, 1.82) is 0 Å². The number of methoxy groups -OCH3 is 2. The van der Waals surface area contributed by atoms with Crippen LogP contribution in [-0.2, 0) is 45.2 Å². The van der Waals surface area contributed by atoms with Gasteiger partial charge in [0.2, 0.25) is 12.0 Å². The molecule has 3 saturated heterocycles. The summed E-state index contributed by atoms with van der Waals surface area (Å²) in [6.07, 6.45) is 9.18. The van der Waals surface area contributed by atoms with Crippen molar-refractivity contribution in [2.45, 2.75) is 101 Å². The van der Waals surface area contributed by atoms with Crippen LogP contribution in [0.25, 0.3) is 10.9 Å². The van der Waals surface area contributed by atoms with Crippen molar-refractivity contribution in [3.8, 4) is 0 Å². The molecule has 3 N–H and O–H groups in total. The van der Waals surface area contributed by atoms with E-state index in [0.717, 1.165) is 40.8 Å². The van der Waals surface area contributed by atoms with Gasteiger partial charge in [-0.25, -0.2) is 4.79 Å². The zero-order valence-corrected chi connectivity index (χ0v) is 34.3. The van der Waals surface area contributed by atoms with E-state index in [9.17, 15) is 24.6 Å². The van der Waals surface area contributed by atoms with Gasteiger partial charge in [0.1, 0.15) is 5.78 Å². The van der Waals surface area contributed by atoms with Crippen LogP contribution >= 0.6 is 0 Å². The molecule has 1 aromatic carbocycles. The molecule has 5 unspecified atom stereocenters. The fourth-order valence-electron chi connectivity index (χ4n) is 13.6. The second-order valence-corrected chi connectivity index (χ2v) is 18.4. The number of para-hydroxylation sites is 1. The number of ketones is 1. The Kier molecular flexibility index (Phi) is 9.11. The standard InChI is InChI=1S/C45H56N4O9/c1-7-42(54)21-28-22-44(26(2)51,36-30(13-17-47(23-28)24-42)29-11-8-9-12-33(29)46-36)32-19-31-34(20-35(32)56-5)49(25-50)38-43(31)15-18-48-16-10-14-41(4,37(43)48)39(58-27(3)52)45(38,55)40(53)57-6/h8-12,14,19-20,25,28,32,35,37-39,46,54-55H,7,13,15-18,21-24H2,1-6H3/t28?,32-,35?,37?,38-,39-,41?,42+,43-,44+,45+/m1/s1. The predicted molar refractivity (Wildman–Crippen MR) is 213 cm³/mol. The molecule has 13 heteroatoms. The Labute approximate surface area is 339 Å². The number of esters is 2. The molecule has 7 aliphatic rings. The Morgan fingerprint density at radius 3 is 2.52 bits per heavy atom. The Balaban J connectivity index is 1.32. The number of aromatic amines is 1. The van der Waals surface area contributed by atoms with E-state index in [0.29, 0.717) is 63.8 Å². The van der Waals surface area contributed by atoms with Gasteiger partial charge >= 0.3 is 11.9 Å². The third-order valence-corrected chi connectivity index (χ3v) is 15.6. The van der Waals surface area contributed by atoms with Gasteiger partial charge in [0.05, 0.1) is 30.3 Å². The van der Waals surface area contributed by atoms with Crippen molar-refractivity contribution in [1.82, 2.24) is 19.7 Å². The van der Waals surface area contributed by atoms with Gasteiger partial charge in [-0.1, -0.05) is 50.3 Å². The minimum absolute atomic E-state index is 0.0393. The minimum atomic E-state index is -2.49. The fraction of sp³-hybridized carbons (Fsp3) is 0.600. The van der Waals surface area contributed by atoms with E-state index in [2.05, 4.69) is 26.9 Å². The SMILES string of the molecule is CC[C@]1(O)CC2CN(CCc3c([nH]c4ccccc34)[C@@](C(C)=O)([C@@H]3C=C4C(=CC3OC)N(C=O)[C@H]3[C@@](O)(C(=O)OC)[C@H](OC(C)=O)C5(C)C=CCN6CC[C@]43C65)C2)C1. The first-order valence-electron chi connectivity index (χ1n) is 20.8. The van der Waals surface area contributed by atoms with E-state index < -0.39 is 69.6 Å². The number of H-pyrrole nitrogens is 1. The summed E-state index contributed by atoms with van der Waals surface area (Å²) in [4.78, 5) is 65.8. The predicted octanol–water partition coefficient (Wildman–Crippen LogP) is 3.19. The van der Waals surface area contributed by atoms with E-state index in [-0.39, 0.29) is 11.7 Å². The summed E-state index contributed by atoms with van der Waals surface area (Å²) >= 11 is 0. The smallest absolute Gasteiger partial charge is 0.344 e. The van der Waals surface area contributed by atoms with Gasteiger partial charge in [0, 0.05) is 85.3 Å². The number of nitrogens with one attached hydrogen (secondary N) is 1. The lowest BCUT2D eigenvalue weighted by Gasteiger charge is -2.62. The van der Waals surface area contributed by atoms with Crippen LogP contribution in [0.1, 0.15) is 64.6 Å². The number of aromatic nitrogens is 1. The third-order valence-electron chi connectivity index (χ3n) is 15.6. The normalized spacial score (nSPS) is 41.4. The largest absolute Gasteiger partial charge is 0.467 e. The number of Topliss-reactive ketones (excluding diaryl/α,β-unsaturated/α-hetero) is 1. The summed E-state index contributed by atoms with van der Waals surface area (Å²) < 4.78 is 17.8. The van der Waals surface area contributed by atoms with Crippen LogP contribution in [0.4, 0.5) is 0 Å². The molecule has 13 nitrogen and oxygen atoms in total. The first kappa shape index (κ1) is 39.3. The number of fused-ring (bicyclic) bond motifs is 6. The van der Waals surface area contributed by atoms with Crippen LogP contribution < -0.4 is 0 Å². The van der Waals surface area contributed by atoms with Gasteiger partial charge < -0.3 is 34.3 Å². The van der Waals surface area contributed by atoms with E-state index in [1.807, 2.05) is 50.3 Å². The lowest BCUT2D eigenvalue weighted by atomic mass is 9.48. The number of piperidine rings is 1. The van der Waals surface area contributed by atoms with E-state index in [4.69, 9.17) is 14.2 Å². The van der Waals surface area contributed by atoms with Crippen molar-refractivity contribution in [2.24, 2.45) is 22.7 Å². The van der Waals surface area contributed by atoms with Crippen molar-refractivity contribution < 1.29 is 43.6 Å². The number of nitrogens with zero attached hydrogens (tertiary/aromatic N) is 3. The second kappa shape index (κ2) is 13.4. The summed E-state index contributed by atoms with van der Waals surface area (Å²) in [5, 5.41) is 26.1. The molecule has 12 atom stereocenters. The lowest BCUT2D eigenvalue weighted by molar-refractivity contribution is -0.239. The molecule has 310 valence electrons. The second-order valence-electron chi connectivity index (χ2n) is 18.4. The van der Waals surface area contributed by atoms with E-state index >= 15 is 4.79 Å². The van der Waals surface area contributed by atoms with Crippen LogP contribution in [0, 0.1) is 22.7 Å². The van der Waals surface area contributed by atoms with Crippen molar-refractivity contribution >= 4 is 35.0 Å². The maximum atomic E-state index is 15.2. The highest BCUT2D eigenvalue weighted by Gasteiger charge is 2.81. The van der Waals surface area contributed by atoms with Crippen molar-refractivity contribution in [3.05, 3.63) is 71.1 Å². The van der Waals surface area contributed by atoms with Crippen molar-refractivity contribution in [3.63, 3.8) is 0 Å². The molecule has 0 radical (unpaired) electrons. The highest BCUT2D eigenvalue weighted by Crippen LogP contribution is 2.69. The highest BCUT2D eigenvalue weighted by atomic mass is 16.6. The number of ether oxygens (including phenoxy) is 3. The van der Waals surface area contributed by atoms with E-state index in [1.54, 1.807) is 14.0 Å². The number of hydrogen-bond donors (Lipinski definition) is 3. The van der Waals surface area contributed by atoms with E-state index in [1.165, 1.54) is 18.9 Å². The summed E-state index contributed by atoms with van der Waals surface area (Å²) in [5.74, 6) is -2.37. The number of carbonyl (C=O) groups is 4. The molecular formula is C45H56N4O9. The van der Waals surface area contributed by atoms with Crippen LogP contribution in [0.2, 0.25) is 0 Å². The molecule has 2 aromatic rings. The molecule has 4 fully saturated rings. The molecule has 1 aromatic heterocycles. The molecule has 9 rings (SSSR count). The molecule has 6 heterocycles. The number of hydrogen-bond acceptors (Lipinski definition) is 11. The molecule has 1 spiro atoms. The molecule has 1 saturated carbocycles. The number of rotatable bonds is 7. The Morgan fingerprint density at radius 1 is 1.05 bits per heavy atom. The zero-order chi connectivity index (χ0) is 41.2. The van der Waals surface area contributed by atoms with Crippen LogP contribution in [0.5, 0.6) is 0 Å². The number of aliphatic hydroxyl groups is 2. The molecule has 58 heavy (non-hydrogen) atoms. The number of carbonyl (C=O) groups excluding carboxylic acids is 4. The molecule has 2 aliphatic carbocycles. The summed E-state index contributed by atoms with van der Waals surface area (Å²) in [7, 11) is 2.79. The van der Waals surface area contributed by atoms with Gasteiger partial charge in [-0.2, -0.15) is 0 Å². The molecule has 5 aliphatic heterocycles. The van der Waals surface area contributed by atoms with Crippen LogP contribution in [0.15, 0.2) is 59.8 Å². The zero-order valence-electron chi connectivity index (χ0n) is 34.3. The van der Waals surface area contributed by atoms with Crippen LogP contribution in [0.3, 0.4) is 0 Å². The van der Waals surface area contributed by atoms with Gasteiger partial charge in [0.25, 0.3) is 0 Å². The highest BCUT2D eigenvalue weighted by molar-refractivity contribution is 5.94. The molecule has 1 amide bonds. The topological polar surface area (TPSA) is 162 Å². The summed E-state index contributed by atoms with van der Waals surface area (Å²) in [5.41, 5.74) is -2.64. The average Bonchev–Trinajstić information content (AvgIpc) is 3.87. The first-order chi connectivity index (χ1) is 27.7. The van der Waals surface area contributed by atoms with Crippen molar-refractivity contribution in [2.75, 3.05) is 46.9 Å². The number of benzene rings is 1. The van der Waals surface area contributed by atoms with Gasteiger partial charge in [0.15, 0.2) is 6.10 Å². The Hall–Kier alpha value is -4.14. The van der Waals surface area contributed by atoms with Gasteiger partial charge in [-0.3, -0.25) is 24.2 Å². The summed E-state index contributed by atoms with van der Waals surface area (Å²) in [6, 6.07) is 6.51. The lowest BCUT2D eigenvalue weighted by Crippen LogP contribution is -2.79. The van der Waals surface area contributed by atoms with Gasteiger partial charge in [-0.15, -0.1) is 0 Å². The maximum absolute atomic E-state index is 15.2. The number of amides is 1.